The second-order valence-electron chi connectivity index (χ2n) is 7.72. The van der Waals surface area contributed by atoms with Gasteiger partial charge in [-0.05, 0) is 37.6 Å². The summed E-state index contributed by atoms with van der Waals surface area (Å²) in [5, 5.41) is 0.553. The van der Waals surface area contributed by atoms with Crippen LogP contribution in [0.1, 0.15) is 25.7 Å². The molecular weight excluding hydrogens is 414 g/mol. The van der Waals surface area contributed by atoms with E-state index in [1.807, 2.05) is 42.5 Å². The standard InChI is InChI=1S/C25H29NO4.ClH/c27-23-19-25(20-8-4-3-5-9-20)30-24-11-10-21(18-22(23)24)29-15-7-2-1-6-12-26-13-16-28-17-14-26;/h3-5,8-11,18-19H,1-2,6-7,12-17H2;1H. The maximum Gasteiger partial charge on any atom is 0.193 e. The number of fused-ring (bicyclic) bond motifs is 1. The summed E-state index contributed by atoms with van der Waals surface area (Å²) in [5.74, 6) is 1.30. The average molecular weight is 444 g/mol. The lowest BCUT2D eigenvalue weighted by Crippen LogP contribution is -2.36. The van der Waals surface area contributed by atoms with Gasteiger partial charge in [-0.1, -0.05) is 43.2 Å². The van der Waals surface area contributed by atoms with Gasteiger partial charge in [0.2, 0.25) is 0 Å². The Morgan fingerprint density at radius 3 is 2.48 bits per heavy atom. The third-order valence-electron chi connectivity index (χ3n) is 5.50. The van der Waals surface area contributed by atoms with Gasteiger partial charge in [0.15, 0.2) is 5.43 Å². The number of hydrogen-bond donors (Lipinski definition) is 0. The van der Waals surface area contributed by atoms with E-state index in [0.29, 0.717) is 23.3 Å². The summed E-state index contributed by atoms with van der Waals surface area (Å²) in [6.07, 6.45) is 4.61. The second kappa shape index (κ2) is 11.9. The molecule has 1 saturated heterocycles. The summed E-state index contributed by atoms with van der Waals surface area (Å²) in [7, 11) is 0. The zero-order valence-electron chi connectivity index (χ0n) is 17.8. The van der Waals surface area contributed by atoms with Crippen LogP contribution in [0.3, 0.4) is 0 Å². The number of morpholine rings is 1. The van der Waals surface area contributed by atoms with E-state index in [1.165, 1.54) is 12.8 Å². The Kier molecular flexibility index (Phi) is 8.95. The Balaban J connectivity index is 0.00000272. The zero-order valence-corrected chi connectivity index (χ0v) is 18.6. The smallest absolute Gasteiger partial charge is 0.193 e. The number of rotatable bonds is 9. The Bertz CT molecular complexity index is 999. The van der Waals surface area contributed by atoms with Crippen LogP contribution in [-0.4, -0.2) is 44.4 Å². The molecule has 6 heteroatoms. The van der Waals surface area contributed by atoms with Crippen LogP contribution in [0.4, 0.5) is 0 Å². The predicted octanol–water partition coefficient (Wildman–Crippen LogP) is 5.15. The average Bonchev–Trinajstić information content (AvgIpc) is 2.80. The van der Waals surface area contributed by atoms with Crippen molar-refractivity contribution in [2.75, 3.05) is 39.5 Å². The normalized spacial score (nSPS) is 14.3. The largest absolute Gasteiger partial charge is 0.494 e. The molecule has 0 radical (unpaired) electrons. The van der Waals surface area contributed by atoms with Crippen LogP contribution in [0.25, 0.3) is 22.3 Å². The fourth-order valence-corrected chi connectivity index (χ4v) is 3.78. The van der Waals surface area contributed by atoms with Crippen molar-refractivity contribution >= 4 is 23.4 Å². The molecule has 0 spiro atoms. The van der Waals surface area contributed by atoms with Gasteiger partial charge in [0, 0.05) is 24.7 Å². The van der Waals surface area contributed by atoms with Gasteiger partial charge in [0.05, 0.1) is 25.2 Å². The van der Waals surface area contributed by atoms with Crippen LogP contribution >= 0.6 is 12.4 Å². The minimum absolute atomic E-state index is 0. The number of nitrogens with zero attached hydrogens (tertiary/aromatic N) is 1. The number of benzene rings is 2. The van der Waals surface area contributed by atoms with Crippen LogP contribution in [0.5, 0.6) is 5.75 Å². The zero-order chi connectivity index (χ0) is 20.6. The van der Waals surface area contributed by atoms with Gasteiger partial charge in [-0.15, -0.1) is 12.4 Å². The molecule has 2 heterocycles. The second-order valence-corrected chi connectivity index (χ2v) is 7.72. The van der Waals surface area contributed by atoms with Crippen molar-refractivity contribution in [1.82, 2.24) is 4.90 Å². The molecule has 0 amide bonds. The number of halogens is 1. The molecule has 0 unspecified atom stereocenters. The van der Waals surface area contributed by atoms with E-state index in [4.69, 9.17) is 13.9 Å². The van der Waals surface area contributed by atoms with Crippen LogP contribution in [0.15, 0.2) is 63.8 Å². The van der Waals surface area contributed by atoms with Gasteiger partial charge in [0.25, 0.3) is 0 Å². The summed E-state index contributed by atoms with van der Waals surface area (Å²) in [6.45, 7) is 5.68. The first-order chi connectivity index (χ1) is 14.8. The molecule has 166 valence electrons. The van der Waals surface area contributed by atoms with Crippen molar-refractivity contribution in [2.24, 2.45) is 0 Å². The van der Waals surface area contributed by atoms with Gasteiger partial charge in [-0.3, -0.25) is 9.69 Å². The molecule has 0 aliphatic carbocycles. The van der Waals surface area contributed by atoms with E-state index in [0.717, 1.165) is 57.0 Å². The Hall–Kier alpha value is -2.34. The van der Waals surface area contributed by atoms with E-state index in [-0.39, 0.29) is 17.8 Å². The fourth-order valence-electron chi connectivity index (χ4n) is 3.78. The van der Waals surface area contributed by atoms with Crippen molar-refractivity contribution in [3.8, 4) is 17.1 Å². The minimum Gasteiger partial charge on any atom is -0.494 e. The summed E-state index contributed by atoms with van der Waals surface area (Å²) >= 11 is 0. The molecule has 0 bridgehead atoms. The molecule has 3 aromatic rings. The maximum atomic E-state index is 12.6. The van der Waals surface area contributed by atoms with E-state index in [9.17, 15) is 4.79 Å². The maximum absolute atomic E-state index is 12.6. The first-order valence-corrected chi connectivity index (χ1v) is 10.9. The van der Waals surface area contributed by atoms with Crippen molar-refractivity contribution in [3.63, 3.8) is 0 Å². The Morgan fingerprint density at radius 2 is 1.68 bits per heavy atom. The van der Waals surface area contributed by atoms with Gasteiger partial charge < -0.3 is 13.9 Å². The van der Waals surface area contributed by atoms with Crippen LogP contribution in [0, 0.1) is 0 Å². The quantitative estimate of drug-likeness (QED) is 0.428. The van der Waals surface area contributed by atoms with Crippen LogP contribution < -0.4 is 10.2 Å². The van der Waals surface area contributed by atoms with E-state index >= 15 is 0 Å². The van der Waals surface area contributed by atoms with Gasteiger partial charge in [-0.2, -0.15) is 0 Å². The summed E-state index contributed by atoms with van der Waals surface area (Å²) in [5.41, 5.74) is 1.42. The SMILES string of the molecule is Cl.O=c1cc(-c2ccccc2)oc2ccc(OCCCCCCN3CCOCC3)cc12. The van der Waals surface area contributed by atoms with Crippen LogP contribution in [-0.2, 0) is 4.74 Å². The molecule has 2 aromatic carbocycles. The molecule has 1 aliphatic heterocycles. The third kappa shape index (κ3) is 6.57. The highest BCUT2D eigenvalue weighted by Gasteiger charge is 2.10. The van der Waals surface area contributed by atoms with Gasteiger partial charge >= 0.3 is 0 Å². The summed E-state index contributed by atoms with van der Waals surface area (Å²) < 4.78 is 17.2. The highest BCUT2D eigenvalue weighted by atomic mass is 35.5. The highest BCUT2D eigenvalue weighted by molar-refractivity contribution is 5.85. The molecule has 1 fully saturated rings. The van der Waals surface area contributed by atoms with Crippen molar-refractivity contribution < 1.29 is 13.9 Å². The molecule has 1 aliphatic rings. The lowest BCUT2D eigenvalue weighted by Gasteiger charge is -2.26. The van der Waals surface area contributed by atoms with Crippen LogP contribution in [0.2, 0.25) is 0 Å². The van der Waals surface area contributed by atoms with Crippen molar-refractivity contribution in [3.05, 3.63) is 64.8 Å². The van der Waals surface area contributed by atoms with Gasteiger partial charge in [0.1, 0.15) is 17.1 Å². The molecule has 1 aromatic heterocycles. The first kappa shape index (κ1) is 23.3. The lowest BCUT2D eigenvalue weighted by atomic mass is 10.1. The monoisotopic (exact) mass is 443 g/mol. The van der Waals surface area contributed by atoms with Crippen molar-refractivity contribution in [2.45, 2.75) is 25.7 Å². The minimum atomic E-state index is -0.0522. The summed E-state index contributed by atoms with van der Waals surface area (Å²) in [4.78, 5) is 15.1. The van der Waals surface area contributed by atoms with E-state index in [1.54, 1.807) is 12.1 Å². The van der Waals surface area contributed by atoms with Gasteiger partial charge in [-0.25, -0.2) is 0 Å². The Morgan fingerprint density at radius 1 is 0.903 bits per heavy atom. The molecule has 0 saturated carbocycles. The molecule has 5 nitrogen and oxygen atoms in total. The van der Waals surface area contributed by atoms with E-state index in [2.05, 4.69) is 4.90 Å². The lowest BCUT2D eigenvalue weighted by molar-refractivity contribution is 0.0371. The molecule has 0 atom stereocenters. The fraction of sp³-hybridized carbons (Fsp3) is 0.400. The third-order valence-corrected chi connectivity index (χ3v) is 5.50. The molecule has 0 N–H and O–H groups in total. The predicted molar refractivity (Wildman–Crippen MR) is 126 cm³/mol. The number of ether oxygens (including phenoxy) is 2. The molecular formula is C25H30ClNO4. The Labute approximate surface area is 189 Å². The number of hydrogen-bond acceptors (Lipinski definition) is 5. The highest BCUT2D eigenvalue weighted by Crippen LogP contribution is 2.24. The number of unbranched alkanes of at least 4 members (excludes halogenated alkanes) is 3. The molecule has 31 heavy (non-hydrogen) atoms. The molecule has 4 rings (SSSR count). The first-order valence-electron chi connectivity index (χ1n) is 10.9. The van der Waals surface area contributed by atoms with Crippen molar-refractivity contribution in [1.29, 1.82) is 0 Å². The topological polar surface area (TPSA) is 51.9 Å². The summed E-state index contributed by atoms with van der Waals surface area (Å²) in [6, 6.07) is 16.7. The van der Waals surface area contributed by atoms with E-state index < -0.39 is 0 Å².